The lowest BCUT2D eigenvalue weighted by atomic mass is 10.1. The molecule has 2 heterocycles. The first-order valence-corrected chi connectivity index (χ1v) is 9.46. The molecule has 1 aliphatic heterocycles. The van der Waals surface area contributed by atoms with Gasteiger partial charge in [-0.05, 0) is 36.4 Å². The lowest BCUT2D eigenvalue weighted by Gasteiger charge is -2.36. The summed E-state index contributed by atoms with van der Waals surface area (Å²) in [5.41, 5.74) is 3.31. The van der Waals surface area contributed by atoms with Gasteiger partial charge in [-0.2, -0.15) is 5.10 Å². The number of halogens is 2. The number of aromatic amines is 1. The molecule has 1 amide bonds. The molecular weight excluding hydrogens is 383 g/mol. The molecule has 0 saturated carbocycles. The number of hydrogen-bond acceptors (Lipinski definition) is 3. The Hall–Kier alpha value is -2.50. The Kier molecular flexibility index (Phi) is 5.05. The molecular formula is C20H18Cl2N4O. The molecule has 1 saturated heterocycles. The fourth-order valence-electron chi connectivity index (χ4n) is 3.27. The molecule has 0 aliphatic carbocycles. The normalized spacial score (nSPS) is 14.4. The van der Waals surface area contributed by atoms with E-state index in [0.29, 0.717) is 23.7 Å². The van der Waals surface area contributed by atoms with E-state index in [1.807, 2.05) is 41.3 Å². The van der Waals surface area contributed by atoms with Crippen LogP contribution in [0.4, 0.5) is 5.69 Å². The van der Waals surface area contributed by atoms with Gasteiger partial charge in [0, 0.05) is 47.5 Å². The molecule has 4 rings (SSSR count). The van der Waals surface area contributed by atoms with Gasteiger partial charge < -0.3 is 9.80 Å². The van der Waals surface area contributed by atoms with Gasteiger partial charge in [-0.25, -0.2) is 0 Å². The van der Waals surface area contributed by atoms with Gasteiger partial charge in [0.15, 0.2) is 0 Å². The number of nitrogens with one attached hydrogen (secondary N) is 1. The predicted octanol–water partition coefficient (Wildman–Crippen LogP) is 4.35. The van der Waals surface area contributed by atoms with Crippen molar-refractivity contribution in [2.24, 2.45) is 0 Å². The van der Waals surface area contributed by atoms with Crippen LogP contribution in [0.2, 0.25) is 10.0 Å². The number of carbonyl (C=O) groups excluding carboxylic acids is 1. The topological polar surface area (TPSA) is 52.2 Å². The number of H-pyrrole nitrogens is 1. The van der Waals surface area contributed by atoms with Crippen LogP contribution in [-0.2, 0) is 0 Å². The van der Waals surface area contributed by atoms with E-state index in [1.165, 1.54) is 0 Å². The van der Waals surface area contributed by atoms with Crippen molar-refractivity contribution in [1.82, 2.24) is 15.1 Å². The zero-order valence-electron chi connectivity index (χ0n) is 14.5. The Labute approximate surface area is 167 Å². The molecule has 1 aliphatic rings. The van der Waals surface area contributed by atoms with Crippen LogP contribution in [-0.4, -0.2) is 47.2 Å². The average Bonchev–Trinajstić information content (AvgIpc) is 3.18. The number of anilines is 1. The number of carbonyl (C=O) groups is 1. The van der Waals surface area contributed by atoms with E-state index in [9.17, 15) is 4.79 Å². The van der Waals surface area contributed by atoms with E-state index in [0.717, 1.165) is 35.1 Å². The van der Waals surface area contributed by atoms with E-state index in [1.54, 1.807) is 18.3 Å². The van der Waals surface area contributed by atoms with Crippen LogP contribution in [0, 0.1) is 0 Å². The smallest absolute Gasteiger partial charge is 0.257 e. The largest absolute Gasteiger partial charge is 0.368 e. The van der Waals surface area contributed by atoms with Crippen molar-refractivity contribution in [3.8, 4) is 11.3 Å². The Morgan fingerprint density at radius 3 is 2.11 bits per heavy atom. The molecule has 3 aromatic rings. The number of rotatable bonds is 3. The van der Waals surface area contributed by atoms with Crippen molar-refractivity contribution < 1.29 is 4.79 Å². The van der Waals surface area contributed by atoms with Crippen molar-refractivity contribution in [2.75, 3.05) is 31.1 Å². The number of piperazine rings is 1. The van der Waals surface area contributed by atoms with Crippen LogP contribution in [0.5, 0.6) is 0 Å². The highest BCUT2D eigenvalue weighted by atomic mass is 35.5. The highest BCUT2D eigenvalue weighted by Gasteiger charge is 2.25. The summed E-state index contributed by atoms with van der Waals surface area (Å²) in [6.45, 7) is 2.88. The third-order valence-electron chi connectivity index (χ3n) is 4.76. The molecule has 1 aromatic heterocycles. The maximum absolute atomic E-state index is 13.0. The summed E-state index contributed by atoms with van der Waals surface area (Å²) in [7, 11) is 0. The lowest BCUT2D eigenvalue weighted by molar-refractivity contribution is 0.0747. The van der Waals surface area contributed by atoms with Gasteiger partial charge in [0.1, 0.15) is 0 Å². The number of benzene rings is 2. The van der Waals surface area contributed by atoms with Crippen molar-refractivity contribution in [3.63, 3.8) is 0 Å². The van der Waals surface area contributed by atoms with E-state index in [4.69, 9.17) is 23.2 Å². The van der Waals surface area contributed by atoms with Crippen LogP contribution >= 0.6 is 23.2 Å². The zero-order chi connectivity index (χ0) is 18.8. The summed E-state index contributed by atoms with van der Waals surface area (Å²) in [6, 6.07) is 15.2. The molecule has 1 fully saturated rings. The molecule has 0 radical (unpaired) electrons. The van der Waals surface area contributed by atoms with E-state index < -0.39 is 0 Å². The van der Waals surface area contributed by atoms with Crippen LogP contribution in [0.3, 0.4) is 0 Å². The predicted molar refractivity (Wildman–Crippen MR) is 109 cm³/mol. The second-order valence-corrected chi connectivity index (χ2v) is 7.29. The number of aromatic nitrogens is 2. The molecule has 0 atom stereocenters. The molecule has 0 spiro atoms. The molecule has 7 heteroatoms. The van der Waals surface area contributed by atoms with Gasteiger partial charge in [0.05, 0.1) is 17.5 Å². The summed E-state index contributed by atoms with van der Waals surface area (Å²) in [5, 5.41) is 8.40. The quantitative estimate of drug-likeness (QED) is 0.710. The van der Waals surface area contributed by atoms with Crippen molar-refractivity contribution >= 4 is 34.8 Å². The molecule has 0 unspecified atom stereocenters. The van der Waals surface area contributed by atoms with Gasteiger partial charge in [-0.15, -0.1) is 0 Å². The fourth-order valence-corrected chi connectivity index (χ4v) is 3.53. The number of nitrogens with zero attached hydrogens (tertiary/aromatic N) is 3. The monoisotopic (exact) mass is 400 g/mol. The van der Waals surface area contributed by atoms with Gasteiger partial charge in [-0.1, -0.05) is 35.3 Å². The highest BCUT2D eigenvalue weighted by Crippen LogP contribution is 2.25. The minimum Gasteiger partial charge on any atom is -0.368 e. The van der Waals surface area contributed by atoms with Crippen molar-refractivity contribution in [2.45, 2.75) is 0 Å². The van der Waals surface area contributed by atoms with E-state index in [-0.39, 0.29) is 5.91 Å². The summed E-state index contributed by atoms with van der Waals surface area (Å²) >= 11 is 11.9. The summed E-state index contributed by atoms with van der Waals surface area (Å²) < 4.78 is 0. The van der Waals surface area contributed by atoms with Crippen molar-refractivity contribution in [3.05, 3.63) is 70.3 Å². The average molecular weight is 401 g/mol. The summed E-state index contributed by atoms with van der Waals surface area (Å²) in [5.74, 6) is -0.00976. The van der Waals surface area contributed by atoms with E-state index >= 15 is 0 Å². The first-order valence-electron chi connectivity index (χ1n) is 8.71. The second-order valence-electron chi connectivity index (χ2n) is 6.42. The maximum Gasteiger partial charge on any atom is 0.257 e. The third-order valence-corrected chi connectivity index (χ3v) is 5.27. The number of amides is 1. The minimum absolute atomic E-state index is 0.00976. The standard InChI is InChI=1S/C20H18Cl2N4O/c21-15-3-1-14(2-4-15)19-18(13-23-24-19)20(27)26-11-9-25(10-12-26)17-7-5-16(22)6-8-17/h1-8,13H,9-12H2,(H,23,24). The molecule has 27 heavy (non-hydrogen) atoms. The Balaban J connectivity index is 1.46. The van der Waals surface area contributed by atoms with Crippen molar-refractivity contribution in [1.29, 1.82) is 0 Å². The lowest BCUT2D eigenvalue weighted by Crippen LogP contribution is -2.48. The Bertz CT molecular complexity index is 929. The first-order chi connectivity index (χ1) is 13.1. The van der Waals surface area contributed by atoms with Crippen LogP contribution < -0.4 is 4.90 Å². The number of hydrogen-bond donors (Lipinski definition) is 1. The Morgan fingerprint density at radius 1 is 0.889 bits per heavy atom. The minimum atomic E-state index is -0.00976. The molecule has 5 nitrogen and oxygen atoms in total. The fraction of sp³-hybridized carbons (Fsp3) is 0.200. The third kappa shape index (κ3) is 3.80. The molecule has 0 bridgehead atoms. The van der Waals surface area contributed by atoms with E-state index in [2.05, 4.69) is 15.1 Å². The maximum atomic E-state index is 13.0. The van der Waals surface area contributed by atoms with Gasteiger partial charge in [0.25, 0.3) is 5.91 Å². The second kappa shape index (κ2) is 7.62. The highest BCUT2D eigenvalue weighted by molar-refractivity contribution is 6.30. The summed E-state index contributed by atoms with van der Waals surface area (Å²) in [6.07, 6.45) is 1.60. The zero-order valence-corrected chi connectivity index (χ0v) is 16.0. The van der Waals surface area contributed by atoms with Crippen LogP contribution in [0.15, 0.2) is 54.7 Å². The molecule has 2 aromatic carbocycles. The SMILES string of the molecule is O=C(c1cn[nH]c1-c1ccc(Cl)cc1)N1CCN(c2ccc(Cl)cc2)CC1. The van der Waals surface area contributed by atoms with Crippen LogP contribution in [0.1, 0.15) is 10.4 Å². The molecule has 138 valence electrons. The first kappa shape index (κ1) is 17.9. The van der Waals surface area contributed by atoms with Gasteiger partial charge in [0.2, 0.25) is 0 Å². The van der Waals surface area contributed by atoms with Gasteiger partial charge in [-0.3, -0.25) is 9.89 Å². The molecule has 1 N–H and O–H groups in total. The Morgan fingerprint density at radius 2 is 1.48 bits per heavy atom. The summed E-state index contributed by atoms with van der Waals surface area (Å²) in [4.78, 5) is 17.1. The van der Waals surface area contributed by atoms with Crippen LogP contribution in [0.25, 0.3) is 11.3 Å². The van der Waals surface area contributed by atoms with Gasteiger partial charge >= 0.3 is 0 Å².